The van der Waals surface area contributed by atoms with Gasteiger partial charge in [0.2, 0.25) is 5.75 Å². The highest BCUT2D eigenvalue weighted by Gasteiger charge is 2.20. The number of unbranched alkanes of at least 4 members (excludes halogenated alkanes) is 1. The topological polar surface area (TPSA) is 75.5 Å². The van der Waals surface area contributed by atoms with Gasteiger partial charge in [0.05, 0.1) is 27.0 Å². The van der Waals surface area contributed by atoms with E-state index in [1.807, 2.05) is 0 Å². The number of hydrogen-bond donors (Lipinski definition) is 0. The van der Waals surface area contributed by atoms with Gasteiger partial charge in [0.15, 0.2) is 23.5 Å². The molecule has 0 saturated carbocycles. The van der Waals surface area contributed by atoms with Crippen LogP contribution in [0.25, 0.3) is 11.3 Å². The van der Waals surface area contributed by atoms with Crippen molar-refractivity contribution in [1.29, 1.82) is 0 Å². The Labute approximate surface area is 135 Å². The molecule has 2 rings (SSSR count). The van der Waals surface area contributed by atoms with Crippen LogP contribution in [0.5, 0.6) is 17.2 Å². The van der Waals surface area contributed by atoms with E-state index in [2.05, 4.69) is 17.2 Å². The first-order chi connectivity index (χ1) is 11.2. The number of carbonyl (C=O) groups excluding carboxylic acids is 1. The van der Waals surface area contributed by atoms with Gasteiger partial charge in [-0.25, -0.2) is 4.68 Å². The summed E-state index contributed by atoms with van der Waals surface area (Å²) in [4.78, 5) is 11.3. The zero-order valence-electron chi connectivity index (χ0n) is 13.8. The SMILES string of the molecule is CCCCn1nnc(C=O)c1-c1cc(OC)c(OC)c(OC)c1. The molecule has 0 saturated heterocycles. The van der Waals surface area contributed by atoms with Gasteiger partial charge in [-0.3, -0.25) is 4.79 Å². The fraction of sp³-hybridized carbons (Fsp3) is 0.438. The van der Waals surface area contributed by atoms with Crippen molar-refractivity contribution in [2.24, 2.45) is 0 Å². The molecule has 0 amide bonds. The zero-order chi connectivity index (χ0) is 16.8. The molecule has 0 fully saturated rings. The molecule has 7 heteroatoms. The first-order valence-electron chi connectivity index (χ1n) is 7.39. The quantitative estimate of drug-likeness (QED) is 0.696. The molecule has 1 aromatic heterocycles. The van der Waals surface area contributed by atoms with Crippen LogP contribution in [-0.4, -0.2) is 42.6 Å². The van der Waals surface area contributed by atoms with E-state index < -0.39 is 0 Å². The number of nitrogens with zero attached hydrogens (tertiary/aromatic N) is 3. The van der Waals surface area contributed by atoms with Crippen molar-refractivity contribution in [2.45, 2.75) is 26.3 Å². The Morgan fingerprint density at radius 1 is 1.13 bits per heavy atom. The molecule has 0 spiro atoms. The van der Waals surface area contributed by atoms with E-state index in [1.165, 1.54) is 0 Å². The zero-order valence-corrected chi connectivity index (χ0v) is 13.8. The summed E-state index contributed by atoms with van der Waals surface area (Å²) >= 11 is 0. The number of aryl methyl sites for hydroxylation is 1. The number of ether oxygens (including phenoxy) is 3. The number of aromatic nitrogens is 3. The minimum atomic E-state index is 0.287. The Bertz CT molecular complexity index is 657. The van der Waals surface area contributed by atoms with Crippen LogP contribution in [-0.2, 0) is 6.54 Å². The smallest absolute Gasteiger partial charge is 0.203 e. The second kappa shape index (κ2) is 7.62. The van der Waals surface area contributed by atoms with Gasteiger partial charge < -0.3 is 14.2 Å². The van der Waals surface area contributed by atoms with Gasteiger partial charge in [0, 0.05) is 12.1 Å². The summed E-state index contributed by atoms with van der Waals surface area (Å²) in [6.45, 7) is 2.78. The van der Waals surface area contributed by atoms with Crippen LogP contribution in [0.1, 0.15) is 30.3 Å². The number of methoxy groups -OCH3 is 3. The molecular weight excluding hydrogens is 298 g/mol. The molecule has 7 nitrogen and oxygen atoms in total. The summed E-state index contributed by atoms with van der Waals surface area (Å²) in [6.07, 6.45) is 2.66. The third-order valence-electron chi connectivity index (χ3n) is 3.53. The largest absolute Gasteiger partial charge is 0.493 e. The molecule has 23 heavy (non-hydrogen) atoms. The lowest BCUT2D eigenvalue weighted by Crippen LogP contribution is -2.04. The Kier molecular flexibility index (Phi) is 5.56. The van der Waals surface area contributed by atoms with Gasteiger partial charge in [-0.2, -0.15) is 0 Å². The Balaban J connectivity index is 2.61. The lowest BCUT2D eigenvalue weighted by atomic mass is 10.1. The monoisotopic (exact) mass is 319 g/mol. The predicted molar refractivity (Wildman–Crippen MR) is 85.4 cm³/mol. The number of benzene rings is 1. The standard InChI is InChI=1S/C16H21N3O4/c1-5-6-7-19-15(12(10-20)17-18-19)11-8-13(21-2)16(23-4)14(9-11)22-3/h8-10H,5-7H2,1-4H3. The second-order valence-corrected chi connectivity index (χ2v) is 4.93. The van der Waals surface area contributed by atoms with Gasteiger partial charge in [-0.05, 0) is 18.6 Å². The van der Waals surface area contributed by atoms with Crippen molar-refractivity contribution in [3.63, 3.8) is 0 Å². The fourth-order valence-corrected chi connectivity index (χ4v) is 2.38. The van der Waals surface area contributed by atoms with Crippen molar-refractivity contribution in [3.05, 3.63) is 17.8 Å². The summed E-state index contributed by atoms with van der Waals surface area (Å²) in [5, 5.41) is 8.03. The third-order valence-corrected chi connectivity index (χ3v) is 3.53. The molecule has 0 aliphatic carbocycles. The number of hydrogen-bond acceptors (Lipinski definition) is 6. The maximum Gasteiger partial charge on any atom is 0.203 e. The minimum Gasteiger partial charge on any atom is -0.493 e. The van der Waals surface area contributed by atoms with Crippen LogP contribution in [0.3, 0.4) is 0 Å². The average molecular weight is 319 g/mol. The minimum absolute atomic E-state index is 0.287. The van der Waals surface area contributed by atoms with Crippen LogP contribution in [0.4, 0.5) is 0 Å². The Morgan fingerprint density at radius 2 is 1.78 bits per heavy atom. The van der Waals surface area contributed by atoms with Crippen molar-refractivity contribution >= 4 is 6.29 Å². The number of rotatable bonds is 8. The lowest BCUT2D eigenvalue weighted by Gasteiger charge is -2.15. The molecule has 0 unspecified atom stereocenters. The predicted octanol–water partition coefficient (Wildman–Crippen LogP) is 2.58. The summed E-state index contributed by atoms with van der Waals surface area (Å²) < 4.78 is 17.8. The van der Waals surface area contributed by atoms with E-state index in [-0.39, 0.29) is 5.69 Å². The van der Waals surface area contributed by atoms with Crippen molar-refractivity contribution < 1.29 is 19.0 Å². The van der Waals surface area contributed by atoms with E-state index in [0.29, 0.717) is 35.8 Å². The molecule has 0 radical (unpaired) electrons. The van der Waals surface area contributed by atoms with Crippen LogP contribution in [0.15, 0.2) is 12.1 Å². The first kappa shape index (κ1) is 16.8. The van der Waals surface area contributed by atoms with E-state index in [9.17, 15) is 4.79 Å². The van der Waals surface area contributed by atoms with Gasteiger partial charge in [-0.15, -0.1) is 5.10 Å². The summed E-state index contributed by atoms with van der Waals surface area (Å²) in [5.41, 5.74) is 1.67. The maximum absolute atomic E-state index is 11.3. The van der Waals surface area contributed by atoms with Gasteiger partial charge >= 0.3 is 0 Å². The van der Waals surface area contributed by atoms with E-state index in [0.717, 1.165) is 18.4 Å². The van der Waals surface area contributed by atoms with Crippen LogP contribution in [0.2, 0.25) is 0 Å². The van der Waals surface area contributed by atoms with E-state index in [1.54, 1.807) is 38.1 Å². The molecule has 124 valence electrons. The Morgan fingerprint density at radius 3 is 2.26 bits per heavy atom. The molecule has 0 aliphatic heterocycles. The highest BCUT2D eigenvalue weighted by Crippen LogP contribution is 2.41. The van der Waals surface area contributed by atoms with E-state index in [4.69, 9.17) is 14.2 Å². The molecule has 2 aromatic rings. The highest BCUT2D eigenvalue weighted by atomic mass is 16.5. The van der Waals surface area contributed by atoms with Crippen molar-refractivity contribution in [1.82, 2.24) is 15.0 Å². The molecule has 0 N–H and O–H groups in total. The average Bonchev–Trinajstić information content (AvgIpc) is 3.01. The molecule has 0 bridgehead atoms. The third kappa shape index (κ3) is 3.28. The number of carbonyl (C=O) groups is 1. The highest BCUT2D eigenvalue weighted by molar-refractivity contribution is 5.84. The fourth-order valence-electron chi connectivity index (χ4n) is 2.38. The molecule has 1 aromatic carbocycles. The molecule has 0 atom stereocenters. The van der Waals surface area contributed by atoms with Gasteiger partial charge in [-0.1, -0.05) is 18.6 Å². The number of aldehydes is 1. The van der Waals surface area contributed by atoms with Crippen molar-refractivity contribution in [2.75, 3.05) is 21.3 Å². The normalized spacial score (nSPS) is 10.4. The van der Waals surface area contributed by atoms with Crippen LogP contribution < -0.4 is 14.2 Å². The van der Waals surface area contributed by atoms with Crippen LogP contribution >= 0.6 is 0 Å². The summed E-state index contributed by atoms with van der Waals surface area (Å²) in [7, 11) is 4.65. The van der Waals surface area contributed by atoms with Gasteiger partial charge in [0.25, 0.3) is 0 Å². The Hall–Kier alpha value is -2.57. The molecule has 0 aliphatic rings. The molecule has 1 heterocycles. The lowest BCUT2D eigenvalue weighted by molar-refractivity contribution is 0.111. The van der Waals surface area contributed by atoms with E-state index >= 15 is 0 Å². The second-order valence-electron chi connectivity index (χ2n) is 4.93. The van der Waals surface area contributed by atoms with Crippen LogP contribution in [0, 0.1) is 0 Å². The summed E-state index contributed by atoms with van der Waals surface area (Å²) in [5.74, 6) is 1.53. The summed E-state index contributed by atoms with van der Waals surface area (Å²) in [6, 6.07) is 3.57. The maximum atomic E-state index is 11.3. The van der Waals surface area contributed by atoms with Gasteiger partial charge in [0.1, 0.15) is 0 Å². The first-order valence-corrected chi connectivity index (χ1v) is 7.39. The molecular formula is C16H21N3O4. The van der Waals surface area contributed by atoms with Crippen molar-refractivity contribution in [3.8, 4) is 28.5 Å².